The molecule has 1 aliphatic heterocycles. The van der Waals surface area contributed by atoms with Crippen LogP contribution in [0.25, 0.3) is 33.3 Å². The number of aryl methyl sites for hydroxylation is 3. The van der Waals surface area contributed by atoms with Gasteiger partial charge in [-0.2, -0.15) is 0 Å². The van der Waals surface area contributed by atoms with Crippen molar-refractivity contribution in [2.75, 3.05) is 25.0 Å². The molecule has 9 heteroatoms. The lowest BCUT2D eigenvalue weighted by atomic mass is 10.0. The molecule has 0 spiro atoms. The number of nitrogens with one attached hydrogen (secondary N) is 1. The van der Waals surface area contributed by atoms with Crippen LogP contribution in [-0.4, -0.2) is 64.4 Å². The van der Waals surface area contributed by atoms with Gasteiger partial charge in [-0.05, 0) is 89.2 Å². The van der Waals surface area contributed by atoms with Crippen molar-refractivity contribution >= 4 is 24.9 Å². The van der Waals surface area contributed by atoms with Crippen molar-refractivity contribution in [3.05, 3.63) is 47.6 Å². The molecule has 1 saturated heterocycles. The third-order valence-corrected chi connectivity index (χ3v) is 10.8. The summed E-state index contributed by atoms with van der Waals surface area (Å²) < 4.78 is 14.0. The van der Waals surface area contributed by atoms with Gasteiger partial charge in [-0.15, -0.1) is 0 Å². The van der Waals surface area contributed by atoms with Crippen LogP contribution in [0.2, 0.25) is 25.7 Å². The molecule has 2 aliphatic rings. The molecular weight excluding hydrogens is 540 g/mol. The zero-order chi connectivity index (χ0) is 29.4. The maximum atomic E-state index is 6.25. The Morgan fingerprint density at radius 1 is 1.07 bits per heavy atom. The fourth-order valence-electron chi connectivity index (χ4n) is 6.75. The molecule has 1 aliphatic carbocycles. The molecule has 0 unspecified atom stereocenters. The van der Waals surface area contributed by atoms with Crippen LogP contribution >= 0.6 is 0 Å². The Hall–Kier alpha value is -3.01. The van der Waals surface area contributed by atoms with E-state index in [1.54, 1.807) is 0 Å². The summed E-state index contributed by atoms with van der Waals surface area (Å²) in [6.07, 6.45) is 10.5. The van der Waals surface area contributed by atoms with E-state index in [1.807, 2.05) is 20.0 Å². The van der Waals surface area contributed by atoms with Crippen molar-refractivity contribution < 1.29 is 9.26 Å². The summed E-state index contributed by atoms with van der Waals surface area (Å²) in [5.74, 6) is 1.56. The highest BCUT2D eigenvalue weighted by atomic mass is 28.3. The molecule has 4 heterocycles. The first-order valence-corrected chi connectivity index (χ1v) is 19.4. The van der Waals surface area contributed by atoms with Crippen LogP contribution in [0.5, 0.6) is 0 Å². The number of rotatable bonds is 10. The maximum Gasteiger partial charge on any atom is 0.223 e. The standard InChI is InChI=1S/C33H46N6O2Si/c1-22-19-34-33(35-28-10-9-11-29(28)38-14-7-8-15-38)36-32(22)27-20-39(21-40-16-17-42(4,5)6)30-18-25(12-13-26(27)30)31-23(2)37-41-24(31)3/h12-13,18-20,28-29H,7-11,14-17,21H2,1-6H3,(H,34,35,36)/t28-,29-/m0/s1. The van der Waals surface area contributed by atoms with Crippen molar-refractivity contribution in [2.24, 2.45) is 0 Å². The number of ether oxygens (including phenoxy) is 1. The second-order valence-corrected chi connectivity index (χ2v) is 19.1. The second kappa shape index (κ2) is 11.9. The van der Waals surface area contributed by atoms with E-state index in [1.165, 1.54) is 45.2 Å². The van der Waals surface area contributed by atoms with E-state index in [0.717, 1.165) is 68.9 Å². The largest absolute Gasteiger partial charge is 0.361 e. The van der Waals surface area contributed by atoms with Gasteiger partial charge in [0.05, 0.1) is 16.9 Å². The van der Waals surface area contributed by atoms with Gasteiger partial charge in [-0.25, -0.2) is 9.97 Å². The first-order valence-electron chi connectivity index (χ1n) is 15.7. The van der Waals surface area contributed by atoms with Crippen LogP contribution in [0.1, 0.15) is 49.1 Å². The van der Waals surface area contributed by atoms with Gasteiger partial charge in [-0.3, -0.25) is 4.90 Å². The Bertz CT molecular complexity index is 1530. The van der Waals surface area contributed by atoms with Crippen LogP contribution in [0.15, 0.2) is 35.1 Å². The number of anilines is 1. The molecular formula is C33H46N6O2Si. The lowest BCUT2D eigenvalue weighted by Crippen LogP contribution is -2.42. The van der Waals surface area contributed by atoms with Crippen molar-refractivity contribution in [1.29, 1.82) is 0 Å². The molecule has 6 rings (SSSR count). The Morgan fingerprint density at radius 2 is 1.88 bits per heavy atom. The fraction of sp³-hybridized carbons (Fsp3) is 0.545. The summed E-state index contributed by atoms with van der Waals surface area (Å²) in [7, 11) is -1.18. The SMILES string of the molecule is Cc1cnc(N[C@H]2CCC[C@@H]2N2CCCC2)nc1-c1cn(COCC[Si](C)(C)C)c2cc(-c3c(C)noc3C)ccc12. The van der Waals surface area contributed by atoms with Gasteiger partial charge in [-0.1, -0.05) is 36.9 Å². The van der Waals surface area contributed by atoms with E-state index < -0.39 is 8.07 Å². The minimum absolute atomic E-state index is 0.400. The molecule has 0 amide bonds. The molecule has 0 radical (unpaired) electrons. The average Bonchev–Trinajstić information content (AvgIpc) is 3.75. The summed E-state index contributed by atoms with van der Waals surface area (Å²) in [6.45, 7) is 16.9. The zero-order valence-corrected chi connectivity index (χ0v) is 27.2. The van der Waals surface area contributed by atoms with Gasteiger partial charge in [0.1, 0.15) is 12.5 Å². The number of likely N-dealkylation sites (tertiary alicyclic amines) is 1. The second-order valence-electron chi connectivity index (χ2n) is 13.5. The minimum Gasteiger partial charge on any atom is -0.361 e. The summed E-state index contributed by atoms with van der Waals surface area (Å²) in [4.78, 5) is 12.6. The Labute approximate surface area is 250 Å². The van der Waals surface area contributed by atoms with Crippen LogP contribution in [0, 0.1) is 20.8 Å². The van der Waals surface area contributed by atoms with Crippen molar-refractivity contribution in [3.63, 3.8) is 0 Å². The highest BCUT2D eigenvalue weighted by molar-refractivity contribution is 6.76. The van der Waals surface area contributed by atoms with Crippen molar-refractivity contribution in [1.82, 2.24) is 24.6 Å². The highest BCUT2D eigenvalue weighted by Gasteiger charge is 2.34. The fourth-order valence-corrected chi connectivity index (χ4v) is 7.51. The minimum atomic E-state index is -1.18. The van der Waals surface area contributed by atoms with E-state index in [2.05, 4.69) is 70.9 Å². The lowest BCUT2D eigenvalue weighted by molar-refractivity contribution is 0.0903. The van der Waals surface area contributed by atoms with Gasteiger partial charge >= 0.3 is 0 Å². The molecule has 224 valence electrons. The van der Waals surface area contributed by atoms with Gasteiger partial charge in [0.25, 0.3) is 0 Å². The Kier molecular flexibility index (Phi) is 8.26. The van der Waals surface area contributed by atoms with Gasteiger partial charge < -0.3 is 19.1 Å². The molecule has 42 heavy (non-hydrogen) atoms. The zero-order valence-electron chi connectivity index (χ0n) is 26.2. The third-order valence-electron chi connectivity index (χ3n) is 9.06. The normalized spacial score (nSPS) is 19.8. The van der Waals surface area contributed by atoms with E-state index in [9.17, 15) is 0 Å². The lowest BCUT2D eigenvalue weighted by Gasteiger charge is -2.29. The number of hydrogen-bond donors (Lipinski definition) is 1. The smallest absolute Gasteiger partial charge is 0.223 e. The highest BCUT2D eigenvalue weighted by Crippen LogP contribution is 2.37. The molecule has 4 aromatic rings. The quantitative estimate of drug-likeness (QED) is 0.153. The monoisotopic (exact) mass is 586 g/mol. The molecule has 2 fully saturated rings. The summed E-state index contributed by atoms with van der Waals surface area (Å²) in [5.41, 5.74) is 7.32. The third kappa shape index (κ3) is 6.05. The number of fused-ring (bicyclic) bond motifs is 1. The molecule has 8 nitrogen and oxygen atoms in total. The number of benzene rings is 1. The number of nitrogens with zero attached hydrogens (tertiary/aromatic N) is 5. The van der Waals surface area contributed by atoms with Crippen LogP contribution < -0.4 is 5.32 Å². The van der Waals surface area contributed by atoms with Crippen molar-refractivity contribution in [3.8, 4) is 22.4 Å². The molecule has 1 saturated carbocycles. The first kappa shape index (κ1) is 29.1. The Morgan fingerprint density at radius 3 is 2.62 bits per heavy atom. The van der Waals surface area contributed by atoms with Crippen LogP contribution in [0.3, 0.4) is 0 Å². The molecule has 1 aromatic carbocycles. The Balaban J connectivity index is 1.34. The predicted molar refractivity (Wildman–Crippen MR) is 173 cm³/mol. The first-order chi connectivity index (χ1) is 20.2. The van der Waals surface area contributed by atoms with E-state index in [0.29, 0.717) is 18.8 Å². The van der Waals surface area contributed by atoms with Crippen molar-refractivity contribution in [2.45, 2.75) is 97.4 Å². The summed E-state index contributed by atoms with van der Waals surface area (Å²) in [5, 5.41) is 9.10. The van der Waals surface area contributed by atoms with E-state index in [4.69, 9.17) is 19.2 Å². The van der Waals surface area contributed by atoms with Crippen LogP contribution in [0.4, 0.5) is 5.95 Å². The summed E-state index contributed by atoms with van der Waals surface area (Å²) in [6, 6.07) is 8.74. The molecule has 3 aromatic heterocycles. The number of aromatic nitrogens is 4. The molecule has 0 bridgehead atoms. The average molecular weight is 587 g/mol. The van der Waals surface area contributed by atoms with Gasteiger partial charge in [0.15, 0.2) is 0 Å². The maximum absolute atomic E-state index is 6.25. The van der Waals surface area contributed by atoms with Gasteiger partial charge in [0.2, 0.25) is 5.95 Å². The predicted octanol–water partition coefficient (Wildman–Crippen LogP) is 7.42. The number of hydrogen-bond acceptors (Lipinski definition) is 7. The van der Waals surface area contributed by atoms with E-state index >= 15 is 0 Å². The van der Waals surface area contributed by atoms with E-state index in [-0.39, 0.29) is 0 Å². The topological polar surface area (TPSA) is 81.2 Å². The summed E-state index contributed by atoms with van der Waals surface area (Å²) >= 11 is 0. The molecule has 2 atom stereocenters. The molecule has 1 N–H and O–H groups in total. The van der Waals surface area contributed by atoms with Crippen LogP contribution in [-0.2, 0) is 11.5 Å². The van der Waals surface area contributed by atoms with Gasteiger partial charge in [0, 0.05) is 55.7 Å².